The van der Waals surface area contributed by atoms with Crippen LogP contribution in [0.4, 0.5) is 14.9 Å². The van der Waals surface area contributed by atoms with Crippen LogP contribution < -0.4 is 10.2 Å². The molecule has 4 rings (SSSR count). The van der Waals surface area contributed by atoms with Gasteiger partial charge in [-0.15, -0.1) is 0 Å². The second-order valence-electron chi connectivity index (χ2n) is 10.2. The Morgan fingerprint density at radius 2 is 1.89 bits per heavy atom. The highest BCUT2D eigenvalue weighted by molar-refractivity contribution is 8.16. The van der Waals surface area contributed by atoms with E-state index in [1.54, 1.807) is 44.7 Å². The molecule has 0 spiro atoms. The van der Waals surface area contributed by atoms with E-state index in [-0.39, 0.29) is 28.3 Å². The second kappa shape index (κ2) is 10.4. The number of amidine groups is 1. The Hall–Kier alpha value is -2.92. The van der Waals surface area contributed by atoms with Crippen LogP contribution in [0.2, 0.25) is 0 Å². The fourth-order valence-corrected chi connectivity index (χ4v) is 8.19. The zero-order chi connectivity index (χ0) is 27.0. The molecular formula is C26H30FN3O5S2. The molecule has 2 aliphatic heterocycles. The maximum Gasteiger partial charge on any atom is 0.408 e. The van der Waals surface area contributed by atoms with E-state index in [1.807, 2.05) is 30.3 Å². The number of rotatable bonds is 5. The largest absolute Gasteiger partial charge is 0.444 e. The van der Waals surface area contributed by atoms with Crippen molar-refractivity contribution < 1.29 is 27.1 Å². The van der Waals surface area contributed by atoms with Crippen LogP contribution in [0.3, 0.4) is 0 Å². The van der Waals surface area contributed by atoms with Gasteiger partial charge in [-0.3, -0.25) is 4.79 Å². The van der Waals surface area contributed by atoms with Gasteiger partial charge in [0.05, 0.1) is 17.5 Å². The van der Waals surface area contributed by atoms with Crippen molar-refractivity contribution in [2.24, 2.45) is 4.99 Å². The van der Waals surface area contributed by atoms with Gasteiger partial charge in [-0.05, 0) is 51.0 Å². The zero-order valence-electron chi connectivity index (χ0n) is 21.1. The number of nitrogens with one attached hydrogen (secondary N) is 1. The van der Waals surface area contributed by atoms with Gasteiger partial charge in [0.1, 0.15) is 17.5 Å². The van der Waals surface area contributed by atoms with Crippen LogP contribution >= 0.6 is 11.8 Å². The Bertz CT molecular complexity index is 1330. The van der Waals surface area contributed by atoms with Crippen molar-refractivity contribution in [3.05, 3.63) is 65.5 Å². The van der Waals surface area contributed by atoms with Crippen LogP contribution in [-0.4, -0.2) is 60.0 Å². The van der Waals surface area contributed by atoms with Crippen LogP contribution in [0.25, 0.3) is 0 Å². The molecular weight excluding hydrogens is 517 g/mol. The Kier molecular flexibility index (Phi) is 7.66. The minimum atomic E-state index is -3.28. The number of anilines is 1. The Labute approximate surface area is 220 Å². The molecule has 0 aliphatic carbocycles. The number of aryl methyl sites for hydroxylation is 1. The molecule has 0 aromatic heterocycles. The van der Waals surface area contributed by atoms with E-state index in [0.717, 1.165) is 5.56 Å². The summed E-state index contributed by atoms with van der Waals surface area (Å²) < 4.78 is 44.5. The molecule has 0 saturated carbocycles. The number of sulfone groups is 1. The molecule has 2 aliphatic rings. The van der Waals surface area contributed by atoms with Gasteiger partial charge in [0.2, 0.25) is 0 Å². The fourth-order valence-electron chi connectivity index (χ4n) is 4.27. The normalized spacial score (nSPS) is 22.5. The Morgan fingerprint density at radius 3 is 2.54 bits per heavy atom. The van der Waals surface area contributed by atoms with Crippen molar-refractivity contribution in [2.75, 3.05) is 16.4 Å². The molecule has 0 radical (unpaired) electrons. The molecule has 2 amide bonds. The zero-order valence-corrected chi connectivity index (χ0v) is 22.7. The van der Waals surface area contributed by atoms with Crippen molar-refractivity contribution in [2.45, 2.75) is 57.1 Å². The number of hydrogen-bond donors (Lipinski definition) is 1. The van der Waals surface area contributed by atoms with E-state index in [2.05, 4.69) is 10.3 Å². The molecule has 2 aromatic carbocycles. The van der Waals surface area contributed by atoms with Gasteiger partial charge in [-0.2, -0.15) is 4.99 Å². The SMILES string of the molecule is Cc1ccc(N2C(=NC(=O)[C@@H](Cc3ccccc3)NC(=O)OC(C)(C)C)S[C@@H]3CS(=O)(=O)C[C@@H]32)cc1F. The smallest absolute Gasteiger partial charge is 0.408 e. The summed E-state index contributed by atoms with van der Waals surface area (Å²) in [7, 11) is -3.28. The first kappa shape index (κ1) is 27.1. The predicted octanol–water partition coefficient (Wildman–Crippen LogP) is 3.87. The summed E-state index contributed by atoms with van der Waals surface area (Å²) in [4.78, 5) is 32.0. The van der Waals surface area contributed by atoms with Crippen molar-refractivity contribution in [1.82, 2.24) is 5.32 Å². The van der Waals surface area contributed by atoms with E-state index in [0.29, 0.717) is 11.3 Å². The minimum Gasteiger partial charge on any atom is -0.444 e. The first-order chi connectivity index (χ1) is 17.3. The first-order valence-corrected chi connectivity index (χ1v) is 14.6. The van der Waals surface area contributed by atoms with Gasteiger partial charge in [-0.25, -0.2) is 17.6 Å². The maximum atomic E-state index is 14.4. The molecule has 198 valence electrons. The molecule has 2 fully saturated rings. The molecule has 8 nitrogen and oxygen atoms in total. The molecule has 11 heteroatoms. The molecule has 2 aromatic rings. The topological polar surface area (TPSA) is 105 Å². The number of carbonyl (C=O) groups is 2. The number of nitrogens with zero attached hydrogens (tertiary/aromatic N) is 2. The number of aliphatic imine (C=N–C) groups is 1. The number of thioether (sulfide) groups is 1. The van der Waals surface area contributed by atoms with Gasteiger partial charge in [-0.1, -0.05) is 48.2 Å². The number of hydrogen-bond acceptors (Lipinski definition) is 6. The van der Waals surface area contributed by atoms with E-state index in [1.165, 1.54) is 17.8 Å². The Morgan fingerprint density at radius 1 is 1.19 bits per heavy atom. The minimum absolute atomic E-state index is 0.0516. The van der Waals surface area contributed by atoms with Crippen molar-refractivity contribution in [1.29, 1.82) is 0 Å². The van der Waals surface area contributed by atoms with Gasteiger partial charge < -0.3 is 15.0 Å². The van der Waals surface area contributed by atoms with Gasteiger partial charge in [0.25, 0.3) is 5.91 Å². The van der Waals surface area contributed by atoms with Gasteiger partial charge >= 0.3 is 6.09 Å². The standard InChI is InChI=1S/C26H30FN3O5S2/c1-16-10-11-18(13-19(16)27)30-21-14-37(33,34)15-22(21)36-24(30)29-23(31)20(12-17-8-6-5-7-9-17)28-25(32)35-26(2,3)4/h5-11,13,20-22H,12,14-15H2,1-4H3,(H,28,32)/t20-,21+,22-/m1/s1. The lowest BCUT2D eigenvalue weighted by atomic mass is 10.1. The van der Waals surface area contributed by atoms with Crippen LogP contribution in [0.15, 0.2) is 53.5 Å². The second-order valence-corrected chi connectivity index (χ2v) is 13.6. The highest BCUT2D eigenvalue weighted by Gasteiger charge is 2.49. The molecule has 37 heavy (non-hydrogen) atoms. The average Bonchev–Trinajstić information content (AvgIpc) is 3.25. The quantitative estimate of drug-likeness (QED) is 0.606. The maximum absolute atomic E-state index is 14.4. The molecule has 0 unspecified atom stereocenters. The summed E-state index contributed by atoms with van der Waals surface area (Å²) in [5.41, 5.74) is 0.931. The number of ether oxygens (including phenoxy) is 1. The summed E-state index contributed by atoms with van der Waals surface area (Å²) in [6, 6.07) is 12.3. The van der Waals surface area contributed by atoms with Gasteiger partial charge in [0, 0.05) is 17.4 Å². The fraction of sp³-hybridized carbons (Fsp3) is 0.423. The molecule has 2 heterocycles. The third-order valence-corrected chi connectivity index (χ3v) is 9.19. The molecule has 0 bridgehead atoms. The molecule has 1 N–H and O–H groups in total. The Balaban J connectivity index is 1.66. The molecule has 3 atom stereocenters. The third-order valence-electron chi connectivity index (χ3n) is 5.98. The molecule has 2 saturated heterocycles. The summed E-state index contributed by atoms with van der Waals surface area (Å²) in [6.07, 6.45) is -0.567. The van der Waals surface area contributed by atoms with Crippen LogP contribution in [0.1, 0.15) is 31.9 Å². The lowest BCUT2D eigenvalue weighted by Gasteiger charge is -2.25. The van der Waals surface area contributed by atoms with E-state index in [9.17, 15) is 22.4 Å². The third kappa shape index (κ3) is 6.70. The van der Waals surface area contributed by atoms with Crippen molar-refractivity contribution >= 4 is 44.5 Å². The summed E-state index contributed by atoms with van der Waals surface area (Å²) in [6.45, 7) is 6.81. The van der Waals surface area contributed by atoms with E-state index < -0.39 is 45.3 Å². The number of alkyl carbamates (subject to hydrolysis) is 1. The predicted molar refractivity (Wildman–Crippen MR) is 143 cm³/mol. The lowest BCUT2D eigenvalue weighted by Crippen LogP contribution is -2.45. The van der Waals surface area contributed by atoms with Crippen LogP contribution in [0.5, 0.6) is 0 Å². The first-order valence-electron chi connectivity index (χ1n) is 11.9. The highest BCUT2D eigenvalue weighted by atomic mass is 32.2. The lowest BCUT2D eigenvalue weighted by molar-refractivity contribution is -0.119. The van der Waals surface area contributed by atoms with Crippen LogP contribution in [-0.2, 0) is 25.8 Å². The van der Waals surface area contributed by atoms with Crippen molar-refractivity contribution in [3.63, 3.8) is 0 Å². The van der Waals surface area contributed by atoms with Crippen molar-refractivity contribution in [3.8, 4) is 0 Å². The van der Waals surface area contributed by atoms with Crippen LogP contribution in [0, 0.1) is 12.7 Å². The number of fused-ring (bicyclic) bond motifs is 1. The summed E-state index contributed by atoms with van der Waals surface area (Å²) in [5, 5.41) is 2.57. The summed E-state index contributed by atoms with van der Waals surface area (Å²) >= 11 is 1.19. The monoisotopic (exact) mass is 547 g/mol. The number of benzene rings is 2. The van der Waals surface area contributed by atoms with E-state index in [4.69, 9.17) is 4.74 Å². The number of halogens is 1. The van der Waals surface area contributed by atoms with E-state index >= 15 is 0 Å². The average molecular weight is 548 g/mol. The highest BCUT2D eigenvalue weighted by Crippen LogP contribution is 2.41. The summed E-state index contributed by atoms with van der Waals surface area (Å²) in [5.74, 6) is -1.22. The van der Waals surface area contributed by atoms with Gasteiger partial charge in [0.15, 0.2) is 15.0 Å². The number of carbonyl (C=O) groups excluding carboxylic acids is 2. The number of amides is 2.